The molecule has 0 saturated heterocycles. The van der Waals surface area contributed by atoms with E-state index in [0.29, 0.717) is 12.1 Å². The number of rotatable bonds is 4. The van der Waals surface area contributed by atoms with E-state index in [4.69, 9.17) is 5.11 Å². The first-order chi connectivity index (χ1) is 8.38. The quantitative estimate of drug-likeness (QED) is 0.693. The van der Waals surface area contributed by atoms with Gasteiger partial charge in [-0.05, 0) is 6.92 Å². The molecular formula is C11H12F2O5. The zero-order chi connectivity index (χ0) is 13.9. The van der Waals surface area contributed by atoms with Crippen molar-refractivity contribution in [2.45, 2.75) is 19.1 Å². The lowest BCUT2D eigenvalue weighted by Gasteiger charge is -2.17. The summed E-state index contributed by atoms with van der Waals surface area (Å²) in [7, 11) is 0. The molecule has 0 aliphatic heterocycles. The zero-order valence-electron chi connectivity index (χ0n) is 9.43. The monoisotopic (exact) mass is 262 g/mol. The highest BCUT2D eigenvalue weighted by molar-refractivity contribution is 5.75. The number of carbonyl (C=O) groups is 1. The van der Waals surface area contributed by atoms with Crippen LogP contribution in [0.2, 0.25) is 0 Å². The van der Waals surface area contributed by atoms with Gasteiger partial charge < -0.3 is 20.1 Å². The predicted octanol–water partition coefficient (Wildman–Crippen LogP) is 0.628. The zero-order valence-corrected chi connectivity index (χ0v) is 9.43. The number of carbonyl (C=O) groups excluding carboxylic acids is 1. The fourth-order valence-electron chi connectivity index (χ4n) is 1.37. The van der Waals surface area contributed by atoms with Crippen molar-refractivity contribution in [3.8, 4) is 5.75 Å². The Labute approximate surface area is 101 Å². The molecule has 7 heteroatoms. The number of benzene rings is 1. The molecular weight excluding hydrogens is 250 g/mol. The summed E-state index contributed by atoms with van der Waals surface area (Å²) in [6, 6.07) is 1.11. The molecule has 18 heavy (non-hydrogen) atoms. The van der Waals surface area contributed by atoms with Gasteiger partial charge >= 0.3 is 5.97 Å². The number of aliphatic hydroxyl groups excluding tert-OH is 2. The van der Waals surface area contributed by atoms with Crippen molar-refractivity contribution in [1.82, 2.24) is 0 Å². The summed E-state index contributed by atoms with van der Waals surface area (Å²) in [5, 5.41) is 27.8. The second-order valence-electron chi connectivity index (χ2n) is 3.46. The SMILES string of the molecule is CCOC(=O)C(O)C(O)c1c(F)cc(O)cc1F. The normalized spacial score (nSPS) is 14.1. The first-order valence-electron chi connectivity index (χ1n) is 5.09. The third-order valence-corrected chi connectivity index (χ3v) is 2.19. The summed E-state index contributed by atoms with van der Waals surface area (Å²) < 4.78 is 31.1. The van der Waals surface area contributed by atoms with Gasteiger partial charge in [-0.15, -0.1) is 0 Å². The van der Waals surface area contributed by atoms with E-state index in [-0.39, 0.29) is 6.61 Å². The molecule has 0 aliphatic carbocycles. The summed E-state index contributed by atoms with van der Waals surface area (Å²) in [6.45, 7) is 1.42. The van der Waals surface area contributed by atoms with Gasteiger partial charge in [-0.1, -0.05) is 0 Å². The highest BCUT2D eigenvalue weighted by atomic mass is 19.1. The van der Waals surface area contributed by atoms with Crippen molar-refractivity contribution >= 4 is 5.97 Å². The van der Waals surface area contributed by atoms with Gasteiger partial charge in [0.25, 0.3) is 0 Å². The molecule has 0 saturated carbocycles. The molecule has 0 amide bonds. The standard InChI is InChI=1S/C11H12F2O5/c1-2-18-11(17)10(16)9(15)8-6(12)3-5(14)4-7(8)13/h3-4,9-10,14-16H,2H2,1H3. The largest absolute Gasteiger partial charge is 0.508 e. The van der Waals surface area contributed by atoms with Crippen molar-refractivity contribution in [2.24, 2.45) is 0 Å². The van der Waals surface area contributed by atoms with E-state index in [9.17, 15) is 23.8 Å². The number of hydrogen-bond donors (Lipinski definition) is 3. The Bertz CT molecular complexity index is 426. The molecule has 1 aromatic carbocycles. The van der Waals surface area contributed by atoms with Gasteiger partial charge in [0, 0.05) is 12.1 Å². The minimum Gasteiger partial charge on any atom is -0.508 e. The fraction of sp³-hybridized carbons (Fsp3) is 0.364. The molecule has 100 valence electrons. The molecule has 2 atom stereocenters. The smallest absolute Gasteiger partial charge is 0.338 e. The Kier molecular flexibility index (Phi) is 4.57. The average molecular weight is 262 g/mol. The molecule has 0 aromatic heterocycles. The Morgan fingerprint density at radius 2 is 1.83 bits per heavy atom. The second kappa shape index (κ2) is 5.74. The van der Waals surface area contributed by atoms with Gasteiger partial charge in [-0.2, -0.15) is 0 Å². The Morgan fingerprint density at radius 1 is 1.33 bits per heavy atom. The molecule has 0 radical (unpaired) electrons. The van der Waals surface area contributed by atoms with Crippen LogP contribution in [0.4, 0.5) is 8.78 Å². The summed E-state index contributed by atoms with van der Waals surface area (Å²) in [5.74, 6) is -4.42. The molecule has 0 heterocycles. The van der Waals surface area contributed by atoms with Crippen LogP contribution in [0.15, 0.2) is 12.1 Å². The van der Waals surface area contributed by atoms with Crippen LogP contribution >= 0.6 is 0 Å². The molecule has 3 N–H and O–H groups in total. The number of phenolic OH excluding ortho intramolecular Hbond substituents is 1. The van der Waals surface area contributed by atoms with Crippen LogP contribution in [0, 0.1) is 11.6 Å². The van der Waals surface area contributed by atoms with Crippen LogP contribution in [-0.4, -0.2) is 34.0 Å². The predicted molar refractivity (Wildman–Crippen MR) is 55.6 cm³/mol. The summed E-state index contributed by atoms with van der Waals surface area (Å²) >= 11 is 0. The first kappa shape index (κ1) is 14.3. The number of aliphatic hydroxyl groups is 2. The highest BCUT2D eigenvalue weighted by Crippen LogP contribution is 2.27. The van der Waals surface area contributed by atoms with Crippen LogP contribution < -0.4 is 0 Å². The molecule has 0 spiro atoms. The molecule has 1 aromatic rings. The van der Waals surface area contributed by atoms with Gasteiger partial charge in [-0.3, -0.25) is 0 Å². The molecule has 0 fully saturated rings. The summed E-state index contributed by atoms with van der Waals surface area (Å²) in [6.07, 6.45) is -4.23. The Hall–Kier alpha value is -1.73. The van der Waals surface area contributed by atoms with Gasteiger partial charge in [0.1, 0.15) is 23.5 Å². The number of phenols is 1. The van der Waals surface area contributed by atoms with E-state index in [2.05, 4.69) is 4.74 Å². The fourth-order valence-corrected chi connectivity index (χ4v) is 1.37. The number of ether oxygens (including phenoxy) is 1. The maximum atomic E-state index is 13.3. The third-order valence-electron chi connectivity index (χ3n) is 2.19. The third kappa shape index (κ3) is 2.93. The molecule has 0 bridgehead atoms. The van der Waals surface area contributed by atoms with E-state index in [0.717, 1.165) is 0 Å². The molecule has 0 aliphatic rings. The Balaban J connectivity index is 3.03. The van der Waals surface area contributed by atoms with Crippen molar-refractivity contribution in [1.29, 1.82) is 0 Å². The lowest BCUT2D eigenvalue weighted by Crippen LogP contribution is -2.31. The first-order valence-corrected chi connectivity index (χ1v) is 5.09. The summed E-state index contributed by atoms with van der Waals surface area (Å²) in [4.78, 5) is 11.1. The minimum absolute atomic E-state index is 0.0524. The number of esters is 1. The van der Waals surface area contributed by atoms with E-state index in [1.54, 1.807) is 0 Å². The van der Waals surface area contributed by atoms with Crippen LogP contribution in [0.5, 0.6) is 5.75 Å². The second-order valence-corrected chi connectivity index (χ2v) is 3.46. The van der Waals surface area contributed by atoms with Crippen LogP contribution in [-0.2, 0) is 9.53 Å². The summed E-state index contributed by atoms with van der Waals surface area (Å²) in [5.41, 5.74) is -0.909. The number of hydrogen-bond acceptors (Lipinski definition) is 5. The van der Waals surface area contributed by atoms with Crippen molar-refractivity contribution < 1.29 is 33.6 Å². The maximum Gasteiger partial charge on any atom is 0.338 e. The topological polar surface area (TPSA) is 87.0 Å². The lowest BCUT2D eigenvalue weighted by molar-refractivity contribution is -0.159. The highest BCUT2D eigenvalue weighted by Gasteiger charge is 2.31. The van der Waals surface area contributed by atoms with Crippen LogP contribution in [0.25, 0.3) is 0 Å². The minimum atomic E-state index is -2.12. The van der Waals surface area contributed by atoms with Crippen molar-refractivity contribution in [2.75, 3.05) is 6.61 Å². The molecule has 2 unspecified atom stereocenters. The van der Waals surface area contributed by atoms with Crippen LogP contribution in [0.3, 0.4) is 0 Å². The van der Waals surface area contributed by atoms with Crippen molar-refractivity contribution in [3.05, 3.63) is 29.3 Å². The average Bonchev–Trinajstić information content (AvgIpc) is 2.26. The number of aromatic hydroxyl groups is 1. The van der Waals surface area contributed by atoms with Gasteiger partial charge in [-0.25, -0.2) is 13.6 Å². The van der Waals surface area contributed by atoms with E-state index in [1.807, 2.05) is 0 Å². The Morgan fingerprint density at radius 3 is 2.28 bits per heavy atom. The van der Waals surface area contributed by atoms with E-state index >= 15 is 0 Å². The van der Waals surface area contributed by atoms with Gasteiger partial charge in [0.15, 0.2) is 6.10 Å². The van der Waals surface area contributed by atoms with E-state index in [1.165, 1.54) is 6.92 Å². The maximum absolute atomic E-state index is 13.3. The molecule has 5 nitrogen and oxygen atoms in total. The number of halogens is 2. The van der Waals surface area contributed by atoms with E-state index < -0.39 is 41.1 Å². The van der Waals surface area contributed by atoms with Gasteiger partial charge in [0.2, 0.25) is 0 Å². The van der Waals surface area contributed by atoms with Crippen molar-refractivity contribution in [3.63, 3.8) is 0 Å². The van der Waals surface area contributed by atoms with Gasteiger partial charge in [0.05, 0.1) is 12.2 Å². The molecule has 1 rings (SSSR count). The lowest BCUT2D eigenvalue weighted by atomic mass is 10.0. The van der Waals surface area contributed by atoms with Crippen LogP contribution in [0.1, 0.15) is 18.6 Å².